The van der Waals surface area contributed by atoms with Crippen molar-refractivity contribution in [3.05, 3.63) is 47.5 Å². The molecule has 0 aliphatic carbocycles. The smallest absolute Gasteiger partial charge is 0.315 e. The van der Waals surface area contributed by atoms with E-state index in [1.807, 2.05) is 57.1 Å². The van der Waals surface area contributed by atoms with Gasteiger partial charge in [-0.25, -0.2) is 9.78 Å². The van der Waals surface area contributed by atoms with Gasteiger partial charge in [0.2, 0.25) is 0 Å². The Labute approximate surface area is 130 Å². The van der Waals surface area contributed by atoms with E-state index in [-0.39, 0.29) is 12.1 Å². The molecular weight excluding hydrogens is 280 g/mol. The standard InChI is InChI=1S/C16H22N4O2/c1-11-7-8-14(22-11)12(2)19-16(21)18-10-13-6-5-9-17-15(13)20(3)4/h5-9,12H,10H2,1-4H3,(H2,18,19,21)/t12-/m1/s1. The van der Waals surface area contributed by atoms with Crippen molar-refractivity contribution in [1.29, 1.82) is 0 Å². The molecule has 2 N–H and O–H groups in total. The molecule has 2 aromatic heterocycles. The van der Waals surface area contributed by atoms with Gasteiger partial charge in [-0.05, 0) is 32.0 Å². The maximum Gasteiger partial charge on any atom is 0.315 e. The van der Waals surface area contributed by atoms with Crippen LogP contribution < -0.4 is 15.5 Å². The van der Waals surface area contributed by atoms with Gasteiger partial charge < -0.3 is 20.0 Å². The fraction of sp³-hybridized carbons (Fsp3) is 0.375. The summed E-state index contributed by atoms with van der Waals surface area (Å²) in [5, 5.41) is 5.69. The molecule has 22 heavy (non-hydrogen) atoms. The van der Waals surface area contributed by atoms with Gasteiger partial charge in [-0.15, -0.1) is 0 Å². The van der Waals surface area contributed by atoms with Crippen LogP contribution in [0.2, 0.25) is 0 Å². The third-order valence-electron chi connectivity index (χ3n) is 3.27. The summed E-state index contributed by atoms with van der Waals surface area (Å²) in [5.41, 5.74) is 0.962. The fourth-order valence-electron chi connectivity index (χ4n) is 2.15. The van der Waals surface area contributed by atoms with Crippen molar-refractivity contribution in [2.75, 3.05) is 19.0 Å². The number of anilines is 1. The first-order valence-corrected chi connectivity index (χ1v) is 7.19. The van der Waals surface area contributed by atoms with Crippen molar-refractivity contribution in [3.8, 4) is 0 Å². The first-order chi connectivity index (χ1) is 10.5. The molecule has 0 bridgehead atoms. The highest BCUT2D eigenvalue weighted by Crippen LogP contribution is 2.16. The van der Waals surface area contributed by atoms with E-state index in [2.05, 4.69) is 15.6 Å². The Morgan fingerprint density at radius 3 is 2.77 bits per heavy atom. The van der Waals surface area contributed by atoms with E-state index in [9.17, 15) is 4.79 Å². The lowest BCUT2D eigenvalue weighted by Crippen LogP contribution is -2.36. The van der Waals surface area contributed by atoms with Crippen LogP contribution in [0.15, 0.2) is 34.9 Å². The molecule has 0 radical (unpaired) electrons. The second-order valence-electron chi connectivity index (χ2n) is 5.38. The second kappa shape index (κ2) is 6.98. The predicted octanol–water partition coefficient (Wildman–Crippen LogP) is 2.61. The molecule has 2 amide bonds. The van der Waals surface area contributed by atoms with Crippen LogP contribution in [-0.4, -0.2) is 25.1 Å². The van der Waals surface area contributed by atoms with Crippen LogP contribution in [0.3, 0.4) is 0 Å². The minimum atomic E-state index is -0.241. The van der Waals surface area contributed by atoms with Crippen molar-refractivity contribution >= 4 is 11.8 Å². The number of rotatable bonds is 5. The topological polar surface area (TPSA) is 70.4 Å². The lowest BCUT2D eigenvalue weighted by Gasteiger charge is -2.17. The van der Waals surface area contributed by atoms with Crippen LogP contribution in [-0.2, 0) is 6.54 Å². The minimum absolute atomic E-state index is 0.184. The summed E-state index contributed by atoms with van der Waals surface area (Å²) in [7, 11) is 3.85. The van der Waals surface area contributed by atoms with Gasteiger partial charge in [0.15, 0.2) is 0 Å². The molecule has 2 heterocycles. The normalized spacial score (nSPS) is 11.8. The Balaban J connectivity index is 1.90. The van der Waals surface area contributed by atoms with E-state index < -0.39 is 0 Å². The number of aromatic nitrogens is 1. The number of amides is 2. The average Bonchev–Trinajstić information content (AvgIpc) is 2.92. The molecule has 0 aliphatic rings. The lowest BCUT2D eigenvalue weighted by atomic mass is 10.2. The molecule has 0 fully saturated rings. The second-order valence-corrected chi connectivity index (χ2v) is 5.38. The molecule has 0 spiro atoms. The molecule has 1 atom stereocenters. The monoisotopic (exact) mass is 302 g/mol. The molecular formula is C16H22N4O2. The van der Waals surface area contributed by atoms with Crippen LogP contribution in [0.4, 0.5) is 10.6 Å². The Hall–Kier alpha value is -2.50. The summed E-state index contributed by atoms with van der Waals surface area (Å²) >= 11 is 0. The minimum Gasteiger partial charge on any atom is -0.464 e. The van der Waals surface area contributed by atoms with Crippen LogP contribution in [0.5, 0.6) is 0 Å². The molecule has 0 aliphatic heterocycles. The summed E-state index contributed by atoms with van der Waals surface area (Å²) in [5.74, 6) is 2.41. The van der Waals surface area contributed by atoms with Crippen molar-refractivity contribution in [1.82, 2.24) is 15.6 Å². The molecule has 0 saturated heterocycles. The van der Waals surface area contributed by atoms with Gasteiger partial charge in [0.1, 0.15) is 17.3 Å². The first-order valence-electron chi connectivity index (χ1n) is 7.19. The van der Waals surface area contributed by atoms with E-state index in [0.29, 0.717) is 6.54 Å². The number of aryl methyl sites for hydroxylation is 1. The lowest BCUT2D eigenvalue weighted by molar-refractivity contribution is 0.235. The van der Waals surface area contributed by atoms with Crippen LogP contribution in [0.25, 0.3) is 0 Å². The van der Waals surface area contributed by atoms with E-state index in [4.69, 9.17) is 4.42 Å². The highest BCUT2D eigenvalue weighted by Gasteiger charge is 2.13. The third kappa shape index (κ3) is 4.00. The quantitative estimate of drug-likeness (QED) is 0.890. The van der Waals surface area contributed by atoms with Gasteiger partial charge in [-0.3, -0.25) is 0 Å². The molecule has 2 aromatic rings. The van der Waals surface area contributed by atoms with Gasteiger partial charge >= 0.3 is 6.03 Å². The zero-order chi connectivity index (χ0) is 16.1. The third-order valence-corrected chi connectivity index (χ3v) is 3.27. The van der Waals surface area contributed by atoms with E-state index in [0.717, 1.165) is 22.9 Å². The van der Waals surface area contributed by atoms with Crippen molar-refractivity contribution in [3.63, 3.8) is 0 Å². The molecule has 0 unspecified atom stereocenters. The summed E-state index contributed by atoms with van der Waals surface area (Å²) in [4.78, 5) is 18.2. The molecule has 118 valence electrons. The zero-order valence-electron chi connectivity index (χ0n) is 13.4. The largest absolute Gasteiger partial charge is 0.464 e. The summed E-state index contributed by atoms with van der Waals surface area (Å²) < 4.78 is 5.50. The van der Waals surface area contributed by atoms with Crippen molar-refractivity contribution in [2.24, 2.45) is 0 Å². The van der Waals surface area contributed by atoms with Crippen molar-refractivity contribution < 1.29 is 9.21 Å². The highest BCUT2D eigenvalue weighted by molar-refractivity contribution is 5.74. The van der Waals surface area contributed by atoms with Crippen LogP contribution in [0.1, 0.15) is 30.0 Å². The maximum absolute atomic E-state index is 12.0. The number of furan rings is 1. The van der Waals surface area contributed by atoms with E-state index in [1.54, 1.807) is 6.20 Å². The predicted molar refractivity (Wildman–Crippen MR) is 85.8 cm³/mol. The van der Waals surface area contributed by atoms with Gasteiger partial charge in [0, 0.05) is 32.4 Å². The SMILES string of the molecule is Cc1ccc([C@@H](C)NC(=O)NCc2cccnc2N(C)C)o1. The Kier molecular flexibility index (Phi) is 5.04. The summed E-state index contributed by atoms with van der Waals surface area (Å²) in [6.07, 6.45) is 1.74. The van der Waals surface area contributed by atoms with Gasteiger partial charge in [-0.1, -0.05) is 6.07 Å². The molecule has 0 saturated carbocycles. The Morgan fingerprint density at radius 2 is 2.14 bits per heavy atom. The fourth-order valence-corrected chi connectivity index (χ4v) is 2.15. The number of carbonyl (C=O) groups excluding carboxylic acids is 1. The van der Waals surface area contributed by atoms with Crippen LogP contribution >= 0.6 is 0 Å². The van der Waals surface area contributed by atoms with Crippen molar-refractivity contribution in [2.45, 2.75) is 26.4 Å². The Morgan fingerprint density at radius 1 is 1.36 bits per heavy atom. The molecule has 6 heteroatoms. The molecule has 6 nitrogen and oxygen atoms in total. The Bertz CT molecular complexity index is 637. The number of nitrogens with zero attached hydrogens (tertiary/aromatic N) is 2. The number of urea groups is 1. The number of hydrogen-bond donors (Lipinski definition) is 2. The number of pyridine rings is 1. The number of carbonyl (C=O) groups is 1. The zero-order valence-corrected chi connectivity index (χ0v) is 13.4. The van der Waals surface area contributed by atoms with Crippen LogP contribution in [0, 0.1) is 6.92 Å². The number of hydrogen-bond acceptors (Lipinski definition) is 4. The highest BCUT2D eigenvalue weighted by atomic mass is 16.3. The van der Waals surface area contributed by atoms with Gasteiger partial charge in [0.25, 0.3) is 0 Å². The molecule has 0 aromatic carbocycles. The number of nitrogens with one attached hydrogen (secondary N) is 2. The van der Waals surface area contributed by atoms with Gasteiger partial charge in [0.05, 0.1) is 6.04 Å². The average molecular weight is 302 g/mol. The van der Waals surface area contributed by atoms with E-state index >= 15 is 0 Å². The first kappa shape index (κ1) is 15.9. The molecule has 2 rings (SSSR count). The van der Waals surface area contributed by atoms with E-state index in [1.165, 1.54) is 0 Å². The summed E-state index contributed by atoms with van der Waals surface area (Å²) in [6, 6.07) is 7.12. The van der Waals surface area contributed by atoms with Gasteiger partial charge in [-0.2, -0.15) is 0 Å². The summed E-state index contributed by atoms with van der Waals surface area (Å²) in [6.45, 7) is 4.17. The maximum atomic E-state index is 12.0.